The van der Waals surface area contributed by atoms with E-state index in [2.05, 4.69) is 16.0 Å². The molecule has 0 unspecified atom stereocenters. The van der Waals surface area contributed by atoms with Crippen LogP contribution in [-0.4, -0.2) is 43.7 Å². The number of halogens is 4. The summed E-state index contributed by atoms with van der Waals surface area (Å²) in [6.45, 7) is 7.94. The van der Waals surface area contributed by atoms with Crippen molar-refractivity contribution in [1.29, 1.82) is 0 Å². The largest absolute Gasteiger partial charge is 0.381 e. The topological polar surface area (TPSA) is 79.5 Å². The molecular weight excluding hydrogens is 559 g/mol. The van der Waals surface area contributed by atoms with Crippen LogP contribution in [0, 0.1) is 23.0 Å². The van der Waals surface area contributed by atoms with Gasteiger partial charge in [-0.1, -0.05) is 56.1 Å². The number of amides is 2. The van der Waals surface area contributed by atoms with Gasteiger partial charge < -0.3 is 20.7 Å². The molecule has 40 heavy (non-hydrogen) atoms. The maximum Gasteiger partial charge on any atom is 0.237 e. The molecule has 3 aliphatic heterocycles. The Kier molecular flexibility index (Phi) is 8.18. The van der Waals surface area contributed by atoms with Gasteiger partial charge in [-0.25, -0.2) is 8.78 Å². The van der Waals surface area contributed by atoms with Crippen molar-refractivity contribution in [3.8, 4) is 0 Å². The van der Waals surface area contributed by atoms with Gasteiger partial charge in [0, 0.05) is 37.4 Å². The van der Waals surface area contributed by atoms with E-state index in [0.717, 1.165) is 19.3 Å². The van der Waals surface area contributed by atoms with Gasteiger partial charge in [-0.3, -0.25) is 9.59 Å². The maximum atomic E-state index is 15.8. The summed E-state index contributed by atoms with van der Waals surface area (Å²) in [6.07, 6.45) is 3.13. The van der Waals surface area contributed by atoms with Crippen molar-refractivity contribution < 1.29 is 23.1 Å². The molecule has 0 bridgehead atoms. The Morgan fingerprint density at radius 3 is 2.58 bits per heavy atom. The molecule has 2 fully saturated rings. The first kappa shape index (κ1) is 29.2. The summed E-state index contributed by atoms with van der Waals surface area (Å²) in [4.78, 5) is 28.0. The third kappa shape index (κ3) is 5.24. The van der Waals surface area contributed by atoms with Crippen molar-refractivity contribution in [1.82, 2.24) is 10.6 Å². The van der Waals surface area contributed by atoms with Crippen LogP contribution in [-0.2, 0) is 19.7 Å². The molecule has 4 atom stereocenters. The van der Waals surface area contributed by atoms with Crippen molar-refractivity contribution >= 4 is 40.7 Å². The van der Waals surface area contributed by atoms with Crippen LogP contribution >= 0.6 is 23.2 Å². The Labute approximate surface area is 243 Å². The van der Waals surface area contributed by atoms with Gasteiger partial charge in [-0.15, -0.1) is 0 Å². The zero-order chi connectivity index (χ0) is 28.8. The quantitative estimate of drug-likeness (QED) is 0.386. The van der Waals surface area contributed by atoms with Crippen LogP contribution in [0.4, 0.5) is 14.5 Å². The minimum Gasteiger partial charge on any atom is -0.381 e. The highest BCUT2D eigenvalue weighted by atomic mass is 35.5. The van der Waals surface area contributed by atoms with Crippen LogP contribution in [0.15, 0.2) is 30.3 Å². The lowest BCUT2D eigenvalue weighted by Gasteiger charge is -2.37. The molecule has 5 rings (SSSR count). The first-order chi connectivity index (χ1) is 18.9. The minimum absolute atomic E-state index is 0.119. The van der Waals surface area contributed by atoms with Gasteiger partial charge in [0.05, 0.1) is 16.1 Å². The second-order valence-corrected chi connectivity index (χ2v) is 13.2. The van der Waals surface area contributed by atoms with E-state index in [1.54, 1.807) is 12.1 Å². The summed E-state index contributed by atoms with van der Waals surface area (Å²) < 4.78 is 36.2. The molecule has 2 amide bonds. The number of nitrogens with one attached hydrogen (secondary N) is 3. The average molecular weight is 595 g/mol. The third-order valence-electron chi connectivity index (χ3n) is 8.49. The van der Waals surface area contributed by atoms with E-state index in [0.29, 0.717) is 43.3 Å². The molecule has 2 saturated heterocycles. The third-order valence-corrected chi connectivity index (χ3v) is 9.07. The Hall–Kier alpha value is -2.26. The fourth-order valence-electron chi connectivity index (χ4n) is 6.71. The van der Waals surface area contributed by atoms with Gasteiger partial charge in [0.2, 0.25) is 11.8 Å². The Morgan fingerprint density at radius 2 is 1.88 bits per heavy atom. The first-order valence-corrected chi connectivity index (χ1v) is 14.6. The van der Waals surface area contributed by atoms with Gasteiger partial charge in [-0.05, 0) is 66.3 Å². The molecule has 2 aromatic carbocycles. The van der Waals surface area contributed by atoms with Crippen molar-refractivity contribution in [3.05, 3.63) is 63.1 Å². The summed E-state index contributed by atoms with van der Waals surface area (Å²) in [7, 11) is 0. The van der Waals surface area contributed by atoms with Crippen molar-refractivity contribution in [2.75, 3.05) is 25.1 Å². The minimum atomic E-state index is -1.50. The monoisotopic (exact) mass is 593 g/mol. The van der Waals surface area contributed by atoms with Crippen LogP contribution < -0.4 is 16.0 Å². The van der Waals surface area contributed by atoms with Gasteiger partial charge in [0.1, 0.15) is 17.0 Å². The zero-order valence-corrected chi connectivity index (χ0v) is 24.4. The molecule has 3 aliphatic rings. The van der Waals surface area contributed by atoms with E-state index in [1.165, 1.54) is 18.2 Å². The Morgan fingerprint density at radius 1 is 1.15 bits per heavy atom. The lowest BCUT2D eigenvalue weighted by molar-refractivity contribution is -0.124. The van der Waals surface area contributed by atoms with Crippen LogP contribution in [0.2, 0.25) is 10.0 Å². The van der Waals surface area contributed by atoms with Gasteiger partial charge in [0.15, 0.2) is 0 Å². The van der Waals surface area contributed by atoms with Gasteiger partial charge in [0.25, 0.3) is 0 Å². The van der Waals surface area contributed by atoms with Crippen molar-refractivity contribution in [2.45, 2.75) is 69.9 Å². The number of hydrogen-bond acceptors (Lipinski definition) is 4. The predicted molar refractivity (Wildman–Crippen MR) is 152 cm³/mol. The highest BCUT2D eigenvalue weighted by Crippen LogP contribution is 2.57. The van der Waals surface area contributed by atoms with E-state index in [1.807, 2.05) is 20.8 Å². The molecular formula is C30H35Cl2F2N3O3. The van der Waals surface area contributed by atoms with Crippen molar-refractivity contribution in [2.24, 2.45) is 11.3 Å². The van der Waals surface area contributed by atoms with Gasteiger partial charge >= 0.3 is 0 Å². The molecule has 1 spiro atoms. The molecule has 2 aromatic rings. The predicted octanol–water partition coefficient (Wildman–Crippen LogP) is 5.95. The standard InChI is InChI=1S/C30H35Cl2F2N3O3/c1-29(2,3)15-23-30(18-13-21(33)20(32)14-22(18)36-28(30)39)24(17-5-4-6-19(31)25(17)34)26(37-23)27(38)35-10-7-16-8-11-40-12-9-16/h4-6,13-14,16,23-24,26,37H,7-12,15H2,1-3H3,(H,35,38)(H,36,39)/t23-,24+,26-,30+/m1/s1. The average Bonchev–Trinajstić information content (AvgIpc) is 3.36. The number of hydrogen-bond donors (Lipinski definition) is 3. The second-order valence-electron chi connectivity index (χ2n) is 12.4. The summed E-state index contributed by atoms with van der Waals surface area (Å²) in [5.74, 6) is -2.74. The summed E-state index contributed by atoms with van der Waals surface area (Å²) >= 11 is 12.3. The fourth-order valence-corrected chi connectivity index (χ4v) is 7.05. The molecule has 0 aliphatic carbocycles. The number of anilines is 1. The number of ether oxygens (including phenoxy) is 1. The Balaban J connectivity index is 1.61. The first-order valence-electron chi connectivity index (χ1n) is 13.8. The highest BCUT2D eigenvalue weighted by Gasteiger charge is 2.66. The van der Waals surface area contributed by atoms with E-state index in [9.17, 15) is 14.0 Å². The Bertz CT molecular complexity index is 1310. The lowest BCUT2D eigenvalue weighted by Crippen LogP contribution is -2.49. The number of benzene rings is 2. The molecule has 3 N–H and O–H groups in total. The molecule has 0 radical (unpaired) electrons. The number of carbonyl (C=O) groups excluding carboxylic acids is 2. The number of fused-ring (bicyclic) bond motifs is 2. The summed E-state index contributed by atoms with van der Waals surface area (Å²) in [5, 5.41) is 9.05. The normalized spacial score (nSPS) is 26.7. The van der Waals surface area contributed by atoms with Crippen LogP contribution in [0.1, 0.15) is 63.5 Å². The zero-order valence-electron chi connectivity index (χ0n) is 22.9. The van der Waals surface area contributed by atoms with Crippen molar-refractivity contribution in [3.63, 3.8) is 0 Å². The van der Waals surface area contributed by atoms with Crippen LogP contribution in [0.3, 0.4) is 0 Å². The number of rotatable bonds is 6. The van der Waals surface area contributed by atoms with Gasteiger partial charge in [-0.2, -0.15) is 0 Å². The molecule has 10 heteroatoms. The van der Waals surface area contributed by atoms with Crippen LogP contribution in [0.5, 0.6) is 0 Å². The van der Waals surface area contributed by atoms with E-state index >= 15 is 4.39 Å². The number of carbonyl (C=O) groups is 2. The lowest BCUT2D eigenvalue weighted by atomic mass is 9.62. The smallest absolute Gasteiger partial charge is 0.237 e. The summed E-state index contributed by atoms with van der Waals surface area (Å²) in [5.41, 5.74) is -0.959. The molecule has 3 heterocycles. The van der Waals surface area contributed by atoms with E-state index in [-0.39, 0.29) is 26.9 Å². The highest BCUT2D eigenvalue weighted by molar-refractivity contribution is 6.31. The molecule has 0 aromatic heterocycles. The molecule has 6 nitrogen and oxygen atoms in total. The second kappa shape index (κ2) is 11.2. The maximum absolute atomic E-state index is 15.8. The van der Waals surface area contributed by atoms with Crippen LogP contribution in [0.25, 0.3) is 0 Å². The molecule has 216 valence electrons. The molecule has 0 saturated carbocycles. The van der Waals surface area contributed by atoms with E-state index in [4.69, 9.17) is 27.9 Å². The fraction of sp³-hybridized carbons (Fsp3) is 0.533. The van der Waals surface area contributed by atoms with E-state index < -0.39 is 41.0 Å². The SMILES string of the molecule is CC(C)(C)C[C@H]1N[C@@H](C(=O)NCCC2CCOCC2)[C@H](c2cccc(Cl)c2F)[C@@]12C(=O)Nc1cc(Cl)c(F)cc12. The summed E-state index contributed by atoms with van der Waals surface area (Å²) in [6, 6.07) is 5.59.